The number of ether oxygens (including phenoxy) is 2. The summed E-state index contributed by atoms with van der Waals surface area (Å²) >= 11 is 12.7. The number of carbonyl (C=O) groups excluding carboxylic acids is 1. The summed E-state index contributed by atoms with van der Waals surface area (Å²) in [5.74, 6) is 0.873. The molecule has 3 aromatic rings. The molecule has 9 heteroatoms. The highest BCUT2D eigenvalue weighted by molar-refractivity contribution is 7.80. The SMILES string of the molecule is COc1ccc(-c2csc(NC(=S)NC(=O)c3ccc(C)cc3Cl)n2)cc1OC. The molecule has 29 heavy (non-hydrogen) atoms. The number of methoxy groups -OCH3 is 2. The Bertz CT molecular complexity index is 1070. The molecule has 0 fully saturated rings. The third-order valence-corrected chi connectivity index (χ3v) is 5.27. The quantitative estimate of drug-likeness (QED) is 0.541. The number of aromatic nitrogens is 1. The number of anilines is 1. The first-order chi connectivity index (χ1) is 13.9. The van der Waals surface area contributed by atoms with Crippen LogP contribution >= 0.6 is 35.2 Å². The van der Waals surface area contributed by atoms with Crippen LogP contribution < -0.4 is 20.1 Å². The molecule has 0 spiro atoms. The fourth-order valence-corrected chi connectivity index (χ4v) is 3.86. The van der Waals surface area contributed by atoms with Gasteiger partial charge in [-0.1, -0.05) is 17.7 Å². The molecule has 150 valence electrons. The fourth-order valence-electron chi connectivity index (χ4n) is 2.56. The largest absolute Gasteiger partial charge is 0.493 e. The Morgan fingerprint density at radius 2 is 1.90 bits per heavy atom. The van der Waals surface area contributed by atoms with E-state index >= 15 is 0 Å². The van der Waals surface area contributed by atoms with E-state index in [1.807, 2.05) is 36.6 Å². The Morgan fingerprint density at radius 1 is 1.14 bits per heavy atom. The predicted molar refractivity (Wildman–Crippen MR) is 121 cm³/mol. The van der Waals surface area contributed by atoms with Gasteiger partial charge in [0.1, 0.15) is 0 Å². The number of thiocarbonyl (C=S) groups is 1. The number of nitrogens with zero attached hydrogens (tertiary/aromatic N) is 1. The number of nitrogens with one attached hydrogen (secondary N) is 2. The third kappa shape index (κ3) is 5.03. The van der Waals surface area contributed by atoms with Crippen molar-refractivity contribution in [2.75, 3.05) is 19.5 Å². The van der Waals surface area contributed by atoms with Crippen LogP contribution in [0.3, 0.4) is 0 Å². The second-order valence-corrected chi connectivity index (χ2v) is 7.67. The van der Waals surface area contributed by atoms with Crippen molar-refractivity contribution >= 4 is 51.3 Å². The molecule has 2 aromatic carbocycles. The molecule has 6 nitrogen and oxygen atoms in total. The van der Waals surface area contributed by atoms with Gasteiger partial charge in [-0.25, -0.2) is 4.98 Å². The van der Waals surface area contributed by atoms with Gasteiger partial charge in [-0.15, -0.1) is 11.3 Å². The molecule has 0 unspecified atom stereocenters. The highest BCUT2D eigenvalue weighted by Gasteiger charge is 2.14. The minimum Gasteiger partial charge on any atom is -0.493 e. The van der Waals surface area contributed by atoms with E-state index in [1.165, 1.54) is 11.3 Å². The van der Waals surface area contributed by atoms with Crippen molar-refractivity contribution in [3.63, 3.8) is 0 Å². The number of amides is 1. The first kappa shape index (κ1) is 21.0. The van der Waals surface area contributed by atoms with Crippen molar-refractivity contribution in [3.8, 4) is 22.8 Å². The van der Waals surface area contributed by atoms with E-state index in [2.05, 4.69) is 15.6 Å². The van der Waals surface area contributed by atoms with Gasteiger partial charge in [0.2, 0.25) is 0 Å². The molecule has 1 heterocycles. The average molecular weight is 448 g/mol. The lowest BCUT2D eigenvalue weighted by atomic mass is 10.1. The number of hydrogen-bond acceptors (Lipinski definition) is 6. The molecule has 0 atom stereocenters. The zero-order valence-electron chi connectivity index (χ0n) is 15.9. The highest BCUT2D eigenvalue weighted by Crippen LogP contribution is 2.33. The summed E-state index contributed by atoms with van der Waals surface area (Å²) < 4.78 is 10.6. The number of halogens is 1. The minimum atomic E-state index is -0.385. The van der Waals surface area contributed by atoms with Crippen LogP contribution in [0.2, 0.25) is 5.02 Å². The molecule has 0 radical (unpaired) electrons. The Kier molecular flexibility index (Phi) is 6.68. The van der Waals surface area contributed by atoms with E-state index in [-0.39, 0.29) is 11.0 Å². The molecule has 0 aliphatic rings. The summed E-state index contributed by atoms with van der Waals surface area (Å²) in [6.07, 6.45) is 0. The zero-order valence-corrected chi connectivity index (χ0v) is 18.3. The molecule has 0 aliphatic carbocycles. The van der Waals surface area contributed by atoms with Crippen LogP contribution in [0.4, 0.5) is 5.13 Å². The fraction of sp³-hybridized carbons (Fsp3) is 0.150. The number of aryl methyl sites for hydroxylation is 1. The van der Waals surface area contributed by atoms with E-state index in [1.54, 1.807) is 26.4 Å². The Morgan fingerprint density at radius 3 is 2.59 bits per heavy atom. The van der Waals surface area contributed by atoms with Crippen LogP contribution in [0, 0.1) is 6.92 Å². The maximum absolute atomic E-state index is 12.4. The molecule has 0 saturated heterocycles. The van der Waals surface area contributed by atoms with Crippen LogP contribution in [-0.4, -0.2) is 30.2 Å². The second-order valence-electron chi connectivity index (χ2n) is 6.00. The number of hydrogen-bond donors (Lipinski definition) is 2. The monoisotopic (exact) mass is 447 g/mol. The average Bonchev–Trinajstić information content (AvgIpc) is 3.15. The summed E-state index contributed by atoms with van der Waals surface area (Å²) in [6.45, 7) is 1.90. The van der Waals surface area contributed by atoms with Crippen LogP contribution in [0.25, 0.3) is 11.3 Å². The Balaban J connectivity index is 1.68. The van der Waals surface area contributed by atoms with Gasteiger partial charge in [0.25, 0.3) is 5.91 Å². The minimum absolute atomic E-state index is 0.139. The smallest absolute Gasteiger partial charge is 0.258 e. The van der Waals surface area contributed by atoms with Crippen LogP contribution in [0.5, 0.6) is 11.5 Å². The maximum Gasteiger partial charge on any atom is 0.258 e. The van der Waals surface area contributed by atoms with E-state index in [4.69, 9.17) is 33.3 Å². The molecular weight excluding hydrogens is 430 g/mol. The predicted octanol–water partition coefficient (Wildman–Crippen LogP) is 4.92. The van der Waals surface area contributed by atoms with E-state index in [0.717, 1.165) is 16.8 Å². The molecule has 1 aromatic heterocycles. The van der Waals surface area contributed by atoms with Crippen molar-refractivity contribution in [2.45, 2.75) is 6.92 Å². The van der Waals surface area contributed by atoms with Gasteiger partial charge in [0.05, 0.1) is 30.5 Å². The van der Waals surface area contributed by atoms with Crippen LogP contribution in [0.15, 0.2) is 41.8 Å². The molecule has 3 rings (SSSR count). The van der Waals surface area contributed by atoms with Gasteiger partial charge < -0.3 is 14.8 Å². The topological polar surface area (TPSA) is 72.5 Å². The normalized spacial score (nSPS) is 10.3. The van der Waals surface area contributed by atoms with E-state index in [9.17, 15) is 4.79 Å². The number of benzene rings is 2. The van der Waals surface area contributed by atoms with Gasteiger partial charge in [-0.3, -0.25) is 10.1 Å². The first-order valence-corrected chi connectivity index (χ1v) is 10.1. The lowest BCUT2D eigenvalue weighted by Gasteiger charge is -2.09. The Hall–Kier alpha value is -2.68. The maximum atomic E-state index is 12.4. The molecule has 1 amide bonds. The summed E-state index contributed by atoms with van der Waals surface area (Å²) in [5.41, 5.74) is 2.94. The van der Waals surface area contributed by atoms with Crippen molar-refractivity contribution in [2.24, 2.45) is 0 Å². The number of rotatable bonds is 5. The van der Waals surface area contributed by atoms with E-state index in [0.29, 0.717) is 27.2 Å². The lowest BCUT2D eigenvalue weighted by Crippen LogP contribution is -2.34. The van der Waals surface area contributed by atoms with Gasteiger partial charge in [0, 0.05) is 10.9 Å². The summed E-state index contributed by atoms with van der Waals surface area (Å²) in [4.78, 5) is 16.9. The van der Waals surface area contributed by atoms with Crippen LogP contribution in [-0.2, 0) is 0 Å². The molecule has 0 saturated carbocycles. The summed E-state index contributed by atoms with van der Waals surface area (Å²) in [5, 5.41) is 8.48. The molecule has 0 aliphatic heterocycles. The van der Waals surface area contributed by atoms with Crippen molar-refractivity contribution in [1.29, 1.82) is 0 Å². The molecular formula is C20H18ClN3O3S2. The molecule has 2 N–H and O–H groups in total. The second kappa shape index (κ2) is 9.21. The van der Waals surface area contributed by atoms with Gasteiger partial charge in [0.15, 0.2) is 21.7 Å². The summed E-state index contributed by atoms with van der Waals surface area (Å²) in [7, 11) is 3.17. The zero-order chi connectivity index (χ0) is 21.0. The van der Waals surface area contributed by atoms with Gasteiger partial charge >= 0.3 is 0 Å². The highest BCUT2D eigenvalue weighted by atomic mass is 35.5. The number of thiazole rings is 1. The van der Waals surface area contributed by atoms with Crippen LogP contribution in [0.1, 0.15) is 15.9 Å². The van der Waals surface area contributed by atoms with Gasteiger partial charge in [-0.2, -0.15) is 0 Å². The van der Waals surface area contributed by atoms with Crippen molar-refractivity contribution in [3.05, 3.63) is 57.9 Å². The standard InChI is InChI=1S/C20H18ClN3O3S2/c1-11-4-6-13(14(21)8-11)18(25)23-19(28)24-20-22-15(10-29-20)12-5-7-16(26-2)17(9-12)27-3/h4-10H,1-3H3,(H2,22,23,24,25,28). The number of carbonyl (C=O) groups is 1. The summed E-state index contributed by atoms with van der Waals surface area (Å²) in [6, 6.07) is 10.7. The third-order valence-electron chi connectivity index (χ3n) is 4.00. The lowest BCUT2D eigenvalue weighted by molar-refractivity contribution is 0.0978. The van der Waals surface area contributed by atoms with Gasteiger partial charge in [-0.05, 0) is 55.0 Å². The van der Waals surface area contributed by atoms with Crippen molar-refractivity contribution < 1.29 is 14.3 Å². The van der Waals surface area contributed by atoms with Crippen molar-refractivity contribution in [1.82, 2.24) is 10.3 Å². The van der Waals surface area contributed by atoms with E-state index < -0.39 is 0 Å². The first-order valence-electron chi connectivity index (χ1n) is 8.47. The Labute approximate surface area is 182 Å². The molecule has 0 bridgehead atoms.